The highest BCUT2D eigenvalue weighted by atomic mass is 16.5. The average Bonchev–Trinajstić information content (AvgIpc) is 3.50. The number of nitrogens with zero attached hydrogens (tertiary/aromatic N) is 1. The molecule has 5 atom stereocenters. The SMILES string of the molecule is COC(=O)/C=C/CC[C@H](NC(C)=O)C(=O)N[C@H](C(=O)N1CC(=O)C[C@H]1C(=O)N[C@H](C(=O)C[C@H](C(=O)O)C1CCCCC1)C1CCCCC1)C(C)(C)C. The summed E-state index contributed by atoms with van der Waals surface area (Å²) in [6.07, 6.45) is 11.1. The van der Waals surface area contributed by atoms with Crippen LogP contribution in [0.4, 0.5) is 0 Å². The number of hydrogen-bond acceptors (Lipinski definition) is 9. The zero-order valence-electron chi connectivity index (χ0n) is 31.4. The zero-order chi connectivity index (χ0) is 38.6. The molecule has 0 bridgehead atoms. The molecule has 1 heterocycles. The number of likely N-dealkylation sites (tertiary alicyclic amines) is 1. The number of allylic oxidation sites excluding steroid dienone is 1. The number of nitrogens with one attached hydrogen (secondary N) is 3. The van der Waals surface area contributed by atoms with Gasteiger partial charge in [0, 0.05) is 25.8 Å². The zero-order valence-corrected chi connectivity index (χ0v) is 31.4. The van der Waals surface area contributed by atoms with Crippen molar-refractivity contribution in [3.05, 3.63) is 12.2 Å². The minimum Gasteiger partial charge on any atom is -0.481 e. The molecule has 0 aromatic heterocycles. The molecule has 4 N–H and O–H groups in total. The smallest absolute Gasteiger partial charge is 0.330 e. The average molecular weight is 731 g/mol. The molecule has 2 saturated carbocycles. The van der Waals surface area contributed by atoms with E-state index in [1.807, 2.05) is 0 Å². The second-order valence-corrected chi connectivity index (χ2v) is 15.7. The highest BCUT2D eigenvalue weighted by Crippen LogP contribution is 2.34. The van der Waals surface area contributed by atoms with Gasteiger partial charge in [0.1, 0.15) is 18.1 Å². The Balaban J connectivity index is 1.82. The van der Waals surface area contributed by atoms with Crippen molar-refractivity contribution in [3.8, 4) is 0 Å². The lowest BCUT2D eigenvalue weighted by molar-refractivity contribution is -0.147. The fourth-order valence-electron chi connectivity index (χ4n) is 7.75. The number of Topliss-reactive ketones (excluding diaryl/α,β-unsaturated/α-hetero) is 2. The molecule has 52 heavy (non-hydrogen) atoms. The molecule has 0 aromatic rings. The van der Waals surface area contributed by atoms with E-state index in [2.05, 4.69) is 20.7 Å². The number of carboxylic acid groups (broad SMARTS) is 1. The van der Waals surface area contributed by atoms with E-state index in [1.165, 1.54) is 26.2 Å². The number of rotatable bonds is 16. The number of methoxy groups -OCH3 is 1. The summed E-state index contributed by atoms with van der Waals surface area (Å²) >= 11 is 0. The van der Waals surface area contributed by atoms with Gasteiger partial charge in [-0.25, -0.2) is 4.79 Å². The molecule has 14 nitrogen and oxygen atoms in total. The van der Waals surface area contributed by atoms with E-state index >= 15 is 0 Å². The fraction of sp³-hybridized carbons (Fsp3) is 0.737. The molecule has 0 radical (unpaired) electrons. The standard InChI is InChI=1S/C38H58N4O10/c1-23(43)39-28(18-12-13-19-31(46)52-5)34(47)41-33(38(2,3)4)36(49)42-22-26(44)20-29(42)35(48)40-32(25-16-10-7-11-17-25)30(45)21-27(37(50)51)24-14-8-6-9-15-24/h13,19,24-25,27-29,32-33H,6-12,14-18,20-22H2,1-5H3,(H,39,43)(H,40,48)(H,41,47)(H,50,51)/b19-13+/t27-,28-,29-,32-,33+/m0/s1. The maximum Gasteiger partial charge on any atom is 0.330 e. The number of hydrogen-bond donors (Lipinski definition) is 4. The van der Waals surface area contributed by atoms with Crippen LogP contribution in [0.3, 0.4) is 0 Å². The maximum atomic E-state index is 14.2. The number of amides is 4. The number of carbonyl (C=O) groups excluding carboxylic acids is 7. The number of carboxylic acids is 1. The van der Waals surface area contributed by atoms with Crippen LogP contribution in [0.5, 0.6) is 0 Å². The molecular weight excluding hydrogens is 672 g/mol. The van der Waals surface area contributed by atoms with Crippen LogP contribution < -0.4 is 16.0 Å². The highest BCUT2D eigenvalue weighted by molar-refractivity contribution is 6.02. The number of carbonyl (C=O) groups is 8. The summed E-state index contributed by atoms with van der Waals surface area (Å²) in [5.41, 5.74) is -0.892. The van der Waals surface area contributed by atoms with Crippen LogP contribution in [0.1, 0.15) is 118 Å². The lowest BCUT2D eigenvalue weighted by Crippen LogP contribution is -2.61. The summed E-state index contributed by atoms with van der Waals surface area (Å²) in [5, 5.41) is 18.3. The Labute approximate surface area is 306 Å². The van der Waals surface area contributed by atoms with Gasteiger partial charge in [0.25, 0.3) is 0 Å². The molecular formula is C38H58N4O10. The Kier molecular flexibility index (Phi) is 16.0. The van der Waals surface area contributed by atoms with E-state index in [9.17, 15) is 43.5 Å². The first-order chi connectivity index (χ1) is 24.5. The van der Waals surface area contributed by atoms with Crippen LogP contribution in [0.25, 0.3) is 0 Å². The molecule has 0 aromatic carbocycles. The summed E-state index contributed by atoms with van der Waals surface area (Å²) in [7, 11) is 1.23. The van der Waals surface area contributed by atoms with Crippen LogP contribution in [0.15, 0.2) is 12.2 Å². The Morgan fingerprint density at radius 2 is 1.50 bits per heavy atom. The molecule has 3 fully saturated rings. The molecule has 3 aliphatic rings. The van der Waals surface area contributed by atoms with Gasteiger partial charge in [-0.2, -0.15) is 0 Å². The van der Waals surface area contributed by atoms with Crippen molar-refractivity contribution in [1.82, 2.24) is 20.9 Å². The minimum atomic E-state index is -1.23. The van der Waals surface area contributed by atoms with Gasteiger partial charge in [-0.3, -0.25) is 33.6 Å². The van der Waals surface area contributed by atoms with Crippen LogP contribution in [0.2, 0.25) is 0 Å². The van der Waals surface area contributed by atoms with Gasteiger partial charge < -0.3 is 30.7 Å². The van der Waals surface area contributed by atoms with E-state index in [0.717, 1.165) is 56.3 Å². The molecule has 2 aliphatic carbocycles. The van der Waals surface area contributed by atoms with Crippen molar-refractivity contribution >= 4 is 47.1 Å². The van der Waals surface area contributed by atoms with Crippen molar-refractivity contribution < 1.29 is 48.2 Å². The van der Waals surface area contributed by atoms with E-state index in [-0.39, 0.29) is 55.6 Å². The maximum absolute atomic E-state index is 14.2. The number of ether oxygens (including phenoxy) is 1. The lowest BCUT2D eigenvalue weighted by atomic mass is 9.75. The van der Waals surface area contributed by atoms with Crippen LogP contribution in [-0.4, -0.2) is 95.0 Å². The van der Waals surface area contributed by atoms with E-state index in [4.69, 9.17) is 0 Å². The van der Waals surface area contributed by atoms with Gasteiger partial charge in [-0.15, -0.1) is 0 Å². The summed E-state index contributed by atoms with van der Waals surface area (Å²) < 4.78 is 4.57. The van der Waals surface area contributed by atoms with Crippen LogP contribution in [-0.2, 0) is 43.1 Å². The number of aliphatic carboxylic acids is 1. The first-order valence-corrected chi connectivity index (χ1v) is 18.7. The summed E-state index contributed by atoms with van der Waals surface area (Å²) in [4.78, 5) is 105. The van der Waals surface area contributed by atoms with Crippen molar-refractivity contribution in [2.45, 2.75) is 142 Å². The van der Waals surface area contributed by atoms with Crippen LogP contribution in [0, 0.1) is 23.2 Å². The van der Waals surface area contributed by atoms with E-state index < -0.39 is 71.1 Å². The quantitative estimate of drug-likeness (QED) is 0.135. The predicted octanol–water partition coefficient (Wildman–Crippen LogP) is 3.01. The van der Waals surface area contributed by atoms with Gasteiger partial charge in [0.05, 0.1) is 25.6 Å². The summed E-state index contributed by atoms with van der Waals surface area (Å²) in [6, 6.07) is -4.44. The number of ketones is 2. The molecule has 0 unspecified atom stereocenters. The lowest BCUT2D eigenvalue weighted by Gasteiger charge is -2.37. The molecule has 14 heteroatoms. The minimum absolute atomic E-state index is 0.107. The van der Waals surface area contributed by atoms with Gasteiger partial charge in [-0.05, 0) is 55.8 Å². The van der Waals surface area contributed by atoms with E-state index in [0.29, 0.717) is 12.8 Å². The third-order valence-electron chi connectivity index (χ3n) is 10.6. The molecule has 1 aliphatic heterocycles. The van der Waals surface area contributed by atoms with Crippen molar-refractivity contribution in [2.75, 3.05) is 13.7 Å². The van der Waals surface area contributed by atoms with Crippen molar-refractivity contribution in [1.29, 1.82) is 0 Å². The van der Waals surface area contributed by atoms with Gasteiger partial charge >= 0.3 is 11.9 Å². The Morgan fingerprint density at radius 1 is 0.904 bits per heavy atom. The third-order valence-corrected chi connectivity index (χ3v) is 10.6. The Bertz CT molecular complexity index is 1360. The molecule has 290 valence electrons. The molecule has 4 amide bonds. The normalized spacial score (nSPS) is 21.1. The van der Waals surface area contributed by atoms with Crippen LogP contribution >= 0.6 is 0 Å². The molecule has 3 rings (SSSR count). The third kappa shape index (κ3) is 12.3. The van der Waals surface area contributed by atoms with E-state index in [1.54, 1.807) is 20.8 Å². The van der Waals surface area contributed by atoms with Gasteiger partial charge in [-0.1, -0.05) is 65.4 Å². The van der Waals surface area contributed by atoms with Crippen molar-refractivity contribution in [3.63, 3.8) is 0 Å². The monoisotopic (exact) mass is 730 g/mol. The second-order valence-electron chi connectivity index (χ2n) is 15.7. The first-order valence-electron chi connectivity index (χ1n) is 18.7. The highest BCUT2D eigenvalue weighted by Gasteiger charge is 2.46. The summed E-state index contributed by atoms with van der Waals surface area (Å²) in [6.45, 7) is 6.05. The van der Waals surface area contributed by atoms with Gasteiger partial charge in [0.2, 0.25) is 23.6 Å². The second kappa shape index (κ2) is 19.7. The number of esters is 1. The molecule has 1 saturated heterocycles. The topological polar surface area (TPSA) is 205 Å². The predicted molar refractivity (Wildman–Crippen MR) is 190 cm³/mol. The Hall–Kier alpha value is -4.10. The fourth-order valence-corrected chi connectivity index (χ4v) is 7.75. The van der Waals surface area contributed by atoms with Crippen molar-refractivity contribution in [2.24, 2.45) is 23.2 Å². The molecule has 0 spiro atoms. The Morgan fingerprint density at radius 3 is 2.04 bits per heavy atom. The van der Waals surface area contributed by atoms with Gasteiger partial charge in [0.15, 0.2) is 11.6 Å². The summed E-state index contributed by atoms with van der Waals surface area (Å²) in [5.74, 6) is -5.89. The largest absolute Gasteiger partial charge is 0.481 e. The first kappa shape index (κ1) is 42.3.